The molecule has 0 aromatic carbocycles. The molecule has 57 heavy (non-hydrogen) atoms. The third-order valence-corrected chi connectivity index (χ3v) is 9.13. The van der Waals surface area contributed by atoms with E-state index in [1.807, 2.05) is 6.08 Å². The van der Waals surface area contributed by atoms with Gasteiger partial charge in [0, 0.05) is 19.4 Å². The highest BCUT2D eigenvalue weighted by Gasteiger charge is 2.25. The second kappa shape index (κ2) is 42.3. The minimum absolute atomic E-state index is 0.0338. The van der Waals surface area contributed by atoms with E-state index in [0.717, 1.165) is 77.0 Å². The highest BCUT2D eigenvalue weighted by molar-refractivity contribution is 7.47. The number of phosphoric ester groups is 1. The molecular formula is C47H76NO8P. The first-order valence-electron chi connectivity index (χ1n) is 21.4. The number of rotatable bonds is 38. The number of esters is 2. The Labute approximate surface area is 346 Å². The number of hydrogen-bond acceptors (Lipinski definition) is 8. The lowest BCUT2D eigenvalue weighted by molar-refractivity contribution is -0.161. The van der Waals surface area contributed by atoms with Crippen molar-refractivity contribution in [2.45, 2.75) is 148 Å². The number of allylic oxidation sites excluding steroid dienone is 18. The van der Waals surface area contributed by atoms with Crippen molar-refractivity contribution in [2.75, 3.05) is 26.4 Å². The van der Waals surface area contributed by atoms with Gasteiger partial charge in [-0.2, -0.15) is 0 Å². The summed E-state index contributed by atoms with van der Waals surface area (Å²) in [5.41, 5.74) is 5.34. The second-order valence-electron chi connectivity index (χ2n) is 13.5. The summed E-state index contributed by atoms with van der Waals surface area (Å²) in [6.07, 6.45) is 55.5. The van der Waals surface area contributed by atoms with Crippen LogP contribution in [0.4, 0.5) is 0 Å². The zero-order valence-corrected chi connectivity index (χ0v) is 36.2. The summed E-state index contributed by atoms with van der Waals surface area (Å²) >= 11 is 0. The third kappa shape index (κ3) is 42.1. The number of carbonyl (C=O) groups is 2. The van der Waals surface area contributed by atoms with Gasteiger partial charge < -0.3 is 20.1 Å². The van der Waals surface area contributed by atoms with E-state index in [0.29, 0.717) is 12.8 Å². The molecule has 10 heteroatoms. The van der Waals surface area contributed by atoms with Gasteiger partial charge in [-0.05, 0) is 96.3 Å². The molecule has 322 valence electrons. The Bertz CT molecular complexity index is 1290. The van der Waals surface area contributed by atoms with Crippen molar-refractivity contribution in [3.05, 3.63) is 109 Å². The maximum Gasteiger partial charge on any atom is 0.472 e. The van der Waals surface area contributed by atoms with Crippen LogP contribution < -0.4 is 5.73 Å². The summed E-state index contributed by atoms with van der Waals surface area (Å²) < 4.78 is 32.7. The molecular weight excluding hydrogens is 737 g/mol. The molecule has 0 rings (SSSR count). The van der Waals surface area contributed by atoms with E-state index in [1.165, 1.54) is 25.7 Å². The molecule has 0 heterocycles. The van der Waals surface area contributed by atoms with Gasteiger partial charge in [0.05, 0.1) is 13.2 Å². The first-order chi connectivity index (χ1) is 27.8. The lowest BCUT2D eigenvalue weighted by atomic mass is 10.1. The summed E-state index contributed by atoms with van der Waals surface area (Å²) in [4.78, 5) is 34.8. The largest absolute Gasteiger partial charge is 0.472 e. The number of nitrogens with two attached hydrogens (primary N) is 1. The van der Waals surface area contributed by atoms with Crippen LogP contribution in [0.5, 0.6) is 0 Å². The predicted molar refractivity (Wildman–Crippen MR) is 238 cm³/mol. The topological polar surface area (TPSA) is 134 Å². The zero-order valence-electron chi connectivity index (χ0n) is 35.3. The first-order valence-corrected chi connectivity index (χ1v) is 22.9. The molecule has 2 atom stereocenters. The smallest absolute Gasteiger partial charge is 0.462 e. The summed E-state index contributed by atoms with van der Waals surface area (Å²) in [6, 6.07) is 0. The number of ether oxygens (including phenoxy) is 2. The minimum atomic E-state index is -4.41. The molecule has 0 aromatic heterocycles. The summed E-state index contributed by atoms with van der Waals surface area (Å²) in [6.45, 7) is 3.45. The van der Waals surface area contributed by atoms with Gasteiger partial charge >= 0.3 is 19.8 Å². The Morgan fingerprint density at radius 3 is 1.46 bits per heavy atom. The van der Waals surface area contributed by atoms with Gasteiger partial charge in [0.2, 0.25) is 0 Å². The van der Waals surface area contributed by atoms with Crippen LogP contribution in [0.15, 0.2) is 109 Å². The van der Waals surface area contributed by atoms with Crippen LogP contribution in [-0.2, 0) is 32.7 Å². The van der Waals surface area contributed by atoms with Gasteiger partial charge in [-0.25, -0.2) is 4.57 Å². The van der Waals surface area contributed by atoms with E-state index in [9.17, 15) is 19.0 Å². The van der Waals surface area contributed by atoms with Crippen LogP contribution in [-0.4, -0.2) is 49.3 Å². The van der Waals surface area contributed by atoms with Crippen LogP contribution in [0.2, 0.25) is 0 Å². The Hall–Kier alpha value is -3.33. The Kier molecular flexibility index (Phi) is 39.8. The van der Waals surface area contributed by atoms with Crippen molar-refractivity contribution >= 4 is 19.8 Å². The van der Waals surface area contributed by atoms with E-state index >= 15 is 0 Å². The fourth-order valence-corrected chi connectivity index (χ4v) is 5.77. The molecule has 0 aliphatic carbocycles. The molecule has 3 N–H and O–H groups in total. The van der Waals surface area contributed by atoms with E-state index in [2.05, 4.69) is 117 Å². The van der Waals surface area contributed by atoms with Crippen LogP contribution in [0, 0.1) is 0 Å². The highest BCUT2D eigenvalue weighted by Crippen LogP contribution is 2.43. The van der Waals surface area contributed by atoms with Gasteiger partial charge in [-0.15, -0.1) is 0 Å². The lowest BCUT2D eigenvalue weighted by Crippen LogP contribution is -2.29. The van der Waals surface area contributed by atoms with Crippen molar-refractivity contribution in [3.8, 4) is 0 Å². The first kappa shape index (κ1) is 53.7. The van der Waals surface area contributed by atoms with Crippen molar-refractivity contribution in [1.29, 1.82) is 0 Å². The summed E-state index contributed by atoms with van der Waals surface area (Å²) in [5, 5.41) is 0. The van der Waals surface area contributed by atoms with E-state index in [4.69, 9.17) is 24.3 Å². The number of phosphoric acid groups is 1. The Balaban J connectivity index is 4.36. The van der Waals surface area contributed by atoms with E-state index in [-0.39, 0.29) is 32.6 Å². The van der Waals surface area contributed by atoms with E-state index < -0.39 is 32.5 Å². The summed E-state index contributed by atoms with van der Waals surface area (Å²) in [5.74, 6) is -0.945. The average Bonchev–Trinajstić information content (AvgIpc) is 3.20. The van der Waals surface area contributed by atoms with Crippen LogP contribution in [0.1, 0.15) is 142 Å². The molecule has 0 aliphatic heterocycles. The monoisotopic (exact) mass is 814 g/mol. The molecule has 0 fully saturated rings. The third-order valence-electron chi connectivity index (χ3n) is 8.14. The fourth-order valence-electron chi connectivity index (χ4n) is 5.00. The summed E-state index contributed by atoms with van der Waals surface area (Å²) in [7, 11) is -4.41. The molecule has 0 bridgehead atoms. The van der Waals surface area contributed by atoms with E-state index in [1.54, 1.807) is 0 Å². The number of unbranched alkanes of at least 4 members (excludes halogenated alkanes) is 7. The van der Waals surface area contributed by atoms with Gasteiger partial charge in [0.25, 0.3) is 0 Å². The second-order valence-corrected chi connectivity index (χ2v) is 14.9. The number of hydrogen-bond donors (Lipinski definition) is 2. The molecule has 0 radical (unpaired) electrons. The average molecular weight is 814 g/mol. The lowest BCUT2D eigenvalue weighted by Gasteiger charge is -2.19. The number of carbonyl (C=O) groups excluding carboxylic acids is 2. The molecule has 0 aliphatic rings. The standard InChI is InChI=1S/C47H76NO8P/c1-3-5-7-9-11-13-15-17-19-21-22-24-26-28-30-32-34-36-38-40-47(50)56-45(44-55-57(51,52)54-42-41-48)43-53-46(49)39-37-35-33-31-29-27-25-23-20-18-16-14-12-10-8-6-4-2/h5,7,11-14,17-20,22,24-25,27-28,30-31,33,45H,3-4,6,8-10,15-16,21,23,26,29,32,34-44,48H2,1-2H3,(H,51,52)/b7-5-,13-11-,14-12-,19-17-,20-18-,24-22-,27-25-,30-28-,33-31-/t45-/m1/s1. The van der Waals surface area contributed by atoms with Crippen molar-refractivity contribution in [3.63, 3.8) is 0 Å². The van der Waals surface area contributed by atoms with Crippen molar-refractivity contribution in [1.82, 2.24) is 0 Å². The van der Waals surface area contributed by atoms with Crippen molar-refractivity contribution in [2.24, 2.45) is 5.73 Å². The quantitative estimate of drug-likeness (QED) is 0.0270. The highest BCUT2D eigenvalue weighted by atomic mass is 31.2. The van der Waals surface area contributed by atoms with Gasteiger partial charge in [-0.3, -0.25) is 18.6 Å². The predicted octanol–water partition coefficient (Wildman–Crippen LogP) is 12.4. The van der Waals surface area contributed by atoms with Crippen LogP contribution in [0.25, 0.3) is 0 Å². The van der Waals surface area contributed by atoms with Gasteiger partial charge in [0.15, 0.2) is 6.10 Å². The molecule has 0 amide bonds. The molecule has 1 unspecified atom stereocenters. The zero-order chi connectivity index (χ0) is 41.8. The molecule has 9 nitrogen and oxygen atoms in total. The van der Waals surface area contributed by atoms with Gasteiger partial charge in [-0.1, -0.05) is 142 Å². The normalized spacial score (nSPS) is 14.4. The van der Waals surface area contributed by atoms with Gasteiger partial charge in [0.1, 0.15) is 6.61 Å². The Morgan fingerprint density at radius 2 is 0.982 bits per heavy atom. The molecule has 0 aromatic rings. The van der Waals surface area contributed by atoms with Crippen LogP contribution >= 0.6 is 7.82 Å². The maximum absolute atomic E-state index is 12.6. The van der Waals surface area contributed by atoms with Crippen LogP contribution in [0.3, 0.4) is 0 Å². The minimum Gasteiger partial charge on any atom is -0.462 e. The molecule has 0 spiro atoms. The molecule has 0 saturated carbocycles. The maximum atomic E-state index is 12.6. The SMILES string of the molecule is CC/C=C\C/C=C\C/C=C\C/C=C\C/C=C\CCCCCC(=O)O[C@H](COC(=O)CCC/C=C\C/C=C\C/C=C\C/C=C\CCCCC)COP(=O)(O)OCCN. The van der Waals surface area contributed by atoms with Crippen molar-refractivity contribution < 1.29 is 37.6 Å². The Morgan fingerprint density at radius 1 is 0.544 bits per heavy atom. The fraction of sp³-hybridized carbons (Fsp3) is 0.574. The molecule has 0 saturated heterocycles.